The molecule has 0 amide bonds. The predicted octanol–water partition coefficient (Wildman–Crippen LogP) is 4.46. The highest BCUT2D eigenvalue weighted by Crippen LogP contribution is 2.45. The smallest absolute Gasteiger partial charge is 0.150 e. The molecule has 0 radical (unpaired) electrons. The van der Waals surface area contributed by atoms with Gasteiger partial charge in [0.15, 0.2) is 0 Å². The number of nitrogens with one attached hydrogen (secondary N) is 1. The molecule has 3 rings (SSSR count). The summed E-state index contributed by atoms with van der Waals surface area (Å²) in [6.07, 6.45) is 3.11. The van der Waals surface area contributed by atoms with Gasteiger partial charge in [-0.2, -0.15) is 0 Å². The molecule has 2 nitrogen and oxygen atoms in total. The molecule has 20 heavy (non-hydrogen) atoms. The van der Waals surface area contributed by atoms with E-state index in [2.05, 4.69) is 53.8 Å². The van der Waals surface area contributed by atoms with Crippen molar-refractivity contribution in [2.24, 2.45) is 0 Å². The lowest BCUT2D eigenvalue weighted by molar-refractivity contribution is 0.453. The van der Waals surface area contributed by atoms with Gasteiger partial charge in [0.25, 0.3) is 0 Å². The van der Waals surface area contributed by atoms with E-state index < -0.39 is 0 Å². The van der Waals surface area contributed by atoms with Crippen molar-refractivity contribution in [2.45, 2.75) is 41.8 Å². The second kappa shape index (κ2) is 6.29. The van der Waals surface area contributed by atoms with Crippen LogP contribution in [0.5, 0.6) is 0 Å². The molecule has 1 aromatic carbocycles. The van der Waals surface area contributed by atoms with Gasteiger partial charge in [-0.1, -0.05) is 49.9 Å². The first-order valence-corrected chi connectivity index (χ1v) is 8.94. The summed E-state index contributed by atoms with van der Waals surface area (Å²) in [6.45, 7) is 5.53. The Morgan fingerprint density at radius 3 is 2.85 bits per heavy atom. The molecule has 0 saturated carbocycles. The first-order valence-electron chi connectivity index (χ1n) is 7.18. The molecule has 0 bridgehead atoms. The second-order valence-electron chi connectivity index (χ2n) is 5.26. The highest BCUT2D eigenvalue weighted by molar-refractivity contribution is 8.01. The number of benzene rings is 1. The third-order valence-electron chi connectivity index (χ3n) is 3.91. The van der Waals surface area contributed by atoms with E-state index in [0.29, 0.717) is 17.2 Å². The van der Waals surface area contributed by atoms with Crippen molar-refractivity contribution >= 4 is 23.1 Å². The van der Waals surface area contributed by atoms with Crippen LogP contribution in [-0.4, -0.2) is 16.8 Å². The zero-order chi connectivity index (χ0) is 13.9. The zero-order valence-electron chi connectivity index (χ0n) is 11.9. The van der Waals surface area contributed by atoms with Gasteiger partial charge >= 0.3 is 0 Å². The van der Waals surface area contributed by atoms with Crippen molar-refractivity contribution in [3.8, 4) is 0 Å². The lowest BCUT2D eigenvalue weighted by Crippen LogP contribution is -2.35. The molecule has 0 spiro atoms. The topological polar surface area (TPSA) is 24.9 Å². The van der Waals surface area contributed by atoms with Crippen LogP contribution in [0.4, 0.5) is 0 Å². The summed E-state index contributed by atoms with van der Waals surface area (Å²) in [5, 5.41) is 6.30. The normalized spacial score (nSPS) is 25.4. The van der Waals surface area contributed by atoms with Gasteiger partial charge in [0.1, 0.15) is 4.34 Å². The third-order valence-corrected chi connectivity index (χ3v) is 6.12. The summed E-state index contributed by atoms with van der Waals surface area (Å²) in [7, 11) is 0. The number of hydrogen-bond donors (Lipinski definition) is 1. The van der Waals surface area contributed by atoms with Crippen LogP contribution in [0.25, 0.3) is 0 Å². The minimum Gasteiger partial charge on any atom is -0.309 e. The minimum absolute atomic E-state index is 0.432. The van der Waals surface area contributed by atoms with Crippen molar-refractivity contribution in [2.75, 3.05) is 6.54 Å². The van der Waals surface area contributed by atoms with Crippen molar-refractivity contribution < 1.29 is 0 Å². The number of aromatic nitrogens is 1. The average molecular weight is 304 g/mol. The molecule has 1 N–H and O–H groups in total. The highest BCUT2D eigenvalue weighted by Gasteiger charge is 2.33. The van der Waals surface area contributed by atoms with E-state index in [9.17, 15) is 0 Å². The summed E-state index contributed by atoms with van der Waals surface area (Å²) >= 11 is 3.67. The van der Waals surface area contributed by atoms with Crippen LogP contribution in [0.2, 0.25) is 0 Å². The Balaban J connectivity index is 1.90. The molecular formula is C16H20N2S2. The Labute approximate surface area is 129 Å². The molecule has 3 unspecified atom stereocenters. The number of rotatable bonds is 4. The fraction of sp³-hybridized carbons (Fsp3) is 0.438. The van der Waals surface area contributed by atoms with E-state index in [1.165, 1.54) is 21.9 Å². The fourth-order valence-electron chi connectivity index (χ4n) is 3.03. The summed E-state index contributed by atoms with van der Waals surface area (Å²) in [5.41, 5.74) is 2.98. The van der Waals surface area contributed by atoms with E-state index in [-0.39, 0.29) is 0 Å². The van der Waals surface area contributed by atoms with Crippen LogP contribution in [-0.2, 0) is 0 Å². The molecule has 1 aliphatic carbocycles. The van der Waals surface area contributed by atoms with E-state index in [0.717, 1.165) is 6.54 Å². The van der Waals surface area contributed by atoms with Crippen molar-refractivity contribution in [1.29, 1.82) is 0 Å². The number of nitrogens with zero attached hydrogens (tertiary/aromatic N) is 1. The van der Waals surface area contributed by atoms with Gasteiger partial charge in [-0.25, -0.2) is 4.98 Å². The fourth-order valence-corrected chi connectivity index (χ4v) is 5.29. The maximum atomic E-state index is 4.44. The maximum absolute atomic E-state index is 4.44. The Morgan fingerprint density at radius 2 is 2.15 bits per heavy atom. The van der Waals surface area contributed by atoms with Crippen LogP contribution >= 0.6 is 23.1 Å². The molecule has 106 valence electrons. The summed E-state index contributed by atoms with van der Waals surface area (Å²) in [5.74, 6) is 0.624. The van der Waals surface area contributed by atoms with Gasteiger partial charge < -0.3 is 5.32 Å². The molecule has 4 heteroatoms. The van der Waals surface area contributed by atoms with E-state index in [4.69, 9.17) is 0 Å². The van der Waals surface area contributed by atoms with Crippen molar-refractivity contribution in [3.63, 3.8) is 0 Å². The molecular weight excluding hydrogens is 284 g/mol. The Hall–Kier alpha value is -0.840. The van der Waals surface area contributed by atoms with Gasteiger partial charge in [-0.05, 0) is 30.0 Å². The van der Waals surface area contributed by atoms with E-state index in [1.807, 2.05) is 18.0 Å². The van der Waals surface area contributed by atoms with E-state index >= 15 is 0 Å². The van der Waals surface area contributed by atoms with Gasteiger partial charge in [0, 0.05) is 22.9 Å². The Morgan fingerprint density at radius 1 is 1.35 bits per heavy atom. The molecule has 1 heterocycles. The lowest BCUT2D eigenvalue weighted by atomic mass is 9.80. The lowest BCUT2D eigenvalue weighted by Gasteiger charge is -2.36. The molecule has 1 aromatic heterocycles. The summed E-state index contributed by atoms with van der Waals surface area (Å²) < 4.78 is 1.18. The van der Waals surface area contributed by atoms with Gasteiger partial charge in [0.05, 0.1) is 0 Å². The summed E-state index contributed by atoms with van der Waals surface area (Å²) in [6, 6.07) is 9.32. The molecule has 0 aliphatic heterocycles. The van der Waals surface area contributed by atoms with Crippen molar-refractivity contribution in [3.05, 3.63) is 47.0 Å². The first kappa shape index (κ1) is 14.1. The van der Waals surface area contributed by atoms with Crippen LogP contribution in [0.15, 0.2) is 40.2 Å². The molecule has 1 aliphatic rings. The number of thioether (sulfide) groups is 1. The quantitative estimate of drug-likeness (QED) is 0.902. The maximum Gasteiger partial charge on any atom is 0.150 e. The largest absolute Gasteiger partial charge is 0.309 e. The number of fused-ring (bicyclic) bond motifs is 1. The number of hydrogen-bond acceptors (Lipinski definition) is 4. The highest BCUT2D eigenvalue weighted by atomic mass is 32.2. The predicted molar refractivity (Wildman–Crippen MR) is 87.7 cm³/mol. The van der Waals surface area contributed by atoms with Crippen LogP contribution in [0, 0.1) is 0 Å². The van der Waals surface area contributed by atoms with Crippen LogP contribution < -0.4 is 5.32 Å². The second-order valence-corrected chi connectivity index (χ2v) is 7.64. The monoisotopic (exact) mass is 304 g/mol. The molecule has 0 fully saturated rings. The zero-order valence-corrected chi connectivity index (χ0v) is 13.5. The Bertz CT molecular complexity index is 553. The molecule has 2 aromatic rings. The SMILES string of the molecule is CCNC1c2ccccc2C(C)CC1Sc1nccs1. The van der Waals surface area contributed by atoms with Gasteiger partial charge in [-0.3, -0.25) is 0 Å². The average Bonchev–Trinajstić information content (AvgIpc) is 2.96. The third kappa shape index (κ3) is 2.78. The van der Waals surface area contributed by atoms with Crippen LogP contribution in [0.3, 0.4) is 0 Å². The number of thiazole rings is 1. The van der Waals surface area contributed by atoms with Gasteiger partial charge in [-0.15, -0.1) is 11.3 Å². The summed E-state index contributed by atoms with van der Waals surface area (Å²) in [4.78, 5) is 4.44. The minimum atomic E-state index is 0.432. The van der Waals surface area contributed by atoms with Gasteiger partial charge in [0.2, 0.25) is 0 Å². The van der Waals surface area contributed by atoms with E-state index in [1.54, 1.807) is 11.3 Å². The van der Waals surface area contributed by atoms with Crippen LogP contribution in [0.1, 0.15) is 43.4 Å². The Kier molecular flexibility index (Phi) is 4.44. The molecule has 0 saturated heterocycles. The molecule has 3 atom stereocenters. The standard InChI is InChI=1S/C16H20N2S2/c1-3-17-15-13-7-5-4-6-12(13)11(2)10-14(15)20-16-18-8-9-19-16/h4-9,11,14-15,17H,3,10H2,1-2H3. The van der Waals surface area contributed by atoms with Crippen molar-refractivity contribution in [1.82, 2.24) is 10.3 Å². The first-order chi connectivity index (χ1) is 9.79.